The van der Waals surface area contributed by atoms with Gasteiger partial charge in [-0.1, -0.05) is 25.4 Å². The molecule has 2 rings (SSSR count). The zero-order valence-corrected chi connectivity index (χ0v) is 16.9. The van der Waals surface area contributed by atoms with Crippen LogP contribution < -0.4 is 10.1 Å². The summed E-state index contributed by atoms with van der Waals surface area (Å²) in [5.74, 6) is 1.23. The van der Waals surface area contributed by atoms with Crippen molar-refractivity contribution < 1.29 is 9.53 Å². The van der Waals surface area contributed by atoms with E-state index in [0.29, 0.717) is 16.7 Å². The number of halogens is 2. The molecule has 1 heterocycles. The number of rotatable bonds is 6. The molecule has 1 aliphatic heterocycles. The van der Waals surface area contributed by atoms with E-state index in [2.05, 4.69) is 40.0 Å². The fourth-order valence-electron chi connectivity index (χ4n) is 2.91. The molecule has 1 saturated heterocycles. The molecule has 1 fully saturated rings. The van der Waals surface area contributed by atoms with E-state index in [1.165, 1.54) is 0 Å². The van der Waals surface area contributed by atoms with Crippen LogP contribution in [0.25, 0.3) is 0 Å². The van der Waals surface area contributed by atoms with Crippen LogP contribution in [0.2, 0.25) is 5.02 Å². The lowest BCUT2D eigenvalue weighted by Gasteiger charge is -2.33. The van der Waals surface area contributed by atoms with E-state index in [9.17, 15) is 4.79 Å². The van der Waals surface area contributed by atoms with Gasteiger partial charge < -0.3 is 15.0 Å². The Morgan fingerprint density at radius 3 is 2.62 bits per heavy atom. The first-order chi connectivity index (χ1) is 11.3. The highest BCUT2D eigenvalue weighted by atomic mass is 79.9. The SMILES string of the molecule is CC(C)CN1CCC(NC(=O)[C@H](C)Oc2ccc(Cl)cc2Br)CC1. The molecular weight excluding hydrogens is 392 g/mol. The van der Waals surface area contributed by atoms with Gasteiger partial charge in [0.15, 0.2) is 6.10 Å². The van der Waals surface area contributed by atoms with Gasteiger partial charge in [-0.05, 0) is 59.8 Å². The van der Waals surface area contributed by atoms with Crippen molar-refractivity contribution in [3.63, 3.8) is 0 Å². The zero-order chi connectivity index (χ0) is 17.7. The Kier molecular flexibility index (Phi) is 7.38. The van der Waals surface area contributed by atoms with Crippen LogP contribution >= 0.6 is 27.5 Å². The molecule has 4 nitrogen and oxygen atoms in total. The monoisotopic (exact) mass is 416 g/mol. The number of likely N-dealkylation sites (tertiary alicyclic amines) is 1. The summed E-state index contributed by atoms with van der Waals surface area (Å²) < 4.78 is 6.50. The molecule has 1 amide bonds. The molecule has 0 bridgehead atoms. The van der Waals surface area contributed by atoms with Crippen molar-refractivity contribution >= 4 is 33.4 Å². The van der Waals surface area contributed by atoms with E-state index in [-0.39, 0.29) is 11.9 Å². The Balaban J connectivity index is 1.80. The first-order valence-corrected chi connectivity index (χ1v) is 9.66. The van der Waals surface area contributed by atoms with Gasteiger partial charge >= 0.3 is 0 Å². The standard InChI is InChI=1S/C18H26BrClN2O2/c1-12(2)11-22-8-6-15(7-9-22)21-18(23)13(3)24-17-5-4-14(20)10-16(17)19/h4-5,10,12-13,15H,6-9,11H2,1-3H3,(H,21,23)/t13-/m0/s1. The van der Waals surface area contributed by atoms with Gasteiger partial charge in [-0.2, -0.15) is 0 Å². The minimum absolute atomic E-state index is 0.0702. The smallest absolute Gasteiger partial charge is 0.260 e. The molecule has 0 spiro atoms. The number of carbonyl (C=O) groups excluding carboxylic acids is 1. The van der Waals surface area contributed by atoms with Gasteiger partial charge in [0.05, 0.1) is 4.47 Å². The molecule has 1 atom stereocenters. The number of hydrogen-bond donors (Lipinski definition) is 1. The summed E-state index contributed by atoms with van der Waals surface area (Å²) in [4.78, 5) is 14.8. The maximum atomic E-state index is 12.4. The molecule has 6 heteroatoms. The number of nitrogens with zero attached hydrogens (tertiary/aromatic N) is 1. The normalized spacial score (nSPS) is 17.8. The van der Waals surface area contributed by atoms with Crippen LogP contribution in [0, 0.1) is 5.92 Å². The fraction of sp³-hybridized carbons (Fsp3) is 0.611. The van der Waals surface area contributed by atoms with Gasteiger partial charge in [0.25, 0.3) is 5.91 Å². The highest BCUT2D eigenvalue weighted by Crippen LogP contribution is 2.28. The number of hydrogen-bond acceptors (Lipinski definition) is 3. The first-order valence-electron chi connectivity index (χ1n) is 8.49. The Morgan fingerprint density at radius 2 is 2.04 bits per heavy atom. The lowest BCUT2D eigenvalue weighted by Crippen LogP contribution is -2.48. The van der Waals surface area contributed by atoms with E-state index in [1.807, 2.05) is 0 Å². The molecule has 1 aliphatic rings. The van der Waals surface area contributed by atoms with Crippen molar-refractivity contribution in [1.29, 1.82) is 0 Å². The van der Waals surface area contributed by atoms with Crippen molar-refractivity contribution in [3.05, 3.63) is 27.7 Å². The molecule has 1 aromatic carbocycles. The number of ether oxygens (including phenoxy) is 1. The number of benzene rings is 1. The third-order valence-corrected chi connectivity index (χ3v) is 4.98. The van der Waals surface area contributed by atoms with Gasteiger partial charge in [0, 0.05) is 30.7 Å². The van der Waals surface area contributed by atoms with E-state index >= 15 is 0 Å². The summed E-state index contributed by atoms with van der Waals surface area (Å²) in [6, 6.07) is 5.50. The third-order valence-electron chi connectivity index (χ3n) is 4.12. The Bertz CT molecular complexity index is 560. The highest BCUT2D eigenvalue weighted by Gasteiger charge is 2.24. The lowest BCUT2D eigenvalue weighted by molar-refractivity contribution is -0.128. The van der Waals surface area contributed by atoms with E-state index in [0.717, 1.165) is 36.9 Å². The summed E-state index contributed by atoms with van der Waals surface area (Å²) in [5.41, 5.74) is 0. The summed E-state index contributed by atoms with van der Waals surface area (Å²) in [5, 5.41) is 3.74. The fourth-order valence-corrected chi connectivity index (χ4v) is 3.69. The van der Waals surface area contributed by atoms with E-state index < -0.39 is 6.10 Å². The molecular formula is C18H26BrClN2O2. The second-order valence-electron chi connectivity index (χ2n) is 6.81. The summed E-state index contributed by atoms with van der Waals surface area (Å²) in [6.45, 7) is 9.46. The van der Waals surface area contributed by atoms with Gasteiger partial charge in [-0.3, -0.25) is 4.79 Å². The van der Waals surface area contributed by atoms with Gasteiger partial charge in [0.2, 0.25) is 0 Å². The minimum Gasteiger partial charge on any atom is -0.480 e. The second-order valence-corrected chi connectivity index (χ2v) is 8.10. The lowest BCUT2D eigenvalue weighted by atomic mass is 10.0. The summed E-state index contributed by atoms with van der Waals surface area (Å²) in [7, 11) is 0. The topological polar surface area (TPSA) is 41.6 Å². The quantitative estimate of drug-likeness (QED) is 0.757. The molecule has 0 radical (unpaired) electrons. The highest BCUT2D eigenvalue weighted by molar-refractivity contribution is 9.10. The van der Waals surface area contributed by atoms with Crippen LogP contribution in [0.3, 0.4) is 0 Å². The predicted octanol–water partition coefficient (Wildman–Crippen LogP) is 4.11. The van der Waals surface area contributed by atoms with Crippen molar-refractivity contribution in [2.75, 3.05) is 19.6 Å². The summed E-state index contributed by atoms with van der Waals surface area (Å²) >= 11 is 9.32. The maximum Gasteiger partial charge on any atom is 0.260 e. The Morgan fingerprint density at radius 1 is 1.38 bits per heavy atom. The number of piperidine rings is 1. The van der Waals surface area contributed by atoms with Crippen LogP contribution in [-0.4, -0.2) is 42.6 Å². The van der Waals surface area contributed by atoms with Crippen molar-refractivity contribution in [3.8, 4) is 5.75 Å². The van der Waals surface area contributed by atoms with Crippen LogP contribution in [0.5, 0.6) is 5.75 Å². The van der Waals surface area contributed by atoms with Gasteiger partial charge in [-0.15, -0.1) is 0 Å². The minimum atomic E-state index is -0.545. The predicted molar refractivity (Wildman–Crippen MR) is 102 cm³/mol. The number of carbonyl (C=O) groups is 1. The van der Waals surface area contributed by atoms with Gasteiger partial charge in [-0.25, -0.2) is 0 Å². The van der Waals surface area contributed by atoms with Crippen LogP contribution in [0.1, 0.15) is 33.6 Å². The summed E-state index contributed by atoms with van der Waals surface area (Å²) in [6.07, 6.45) is 1.45. The van der Waals surface area contributed by atoms with Crippen molar-refractivity contribution in [1.82, 2.24) is 10.2 Å². The number of nitrogens with one attached hydrogen (secondary N) is 1. The Hall–Kier alpha value is -0.780. The van der Waals surface area contributed by atoms with Gasteiger partial charge in [0.1, 0.15) is 5.75 Å². The molecule has 0 unspecified atom stereocenters. The maximum absolute atomic E-state index is 12.4. The zero-order valence-electron chi connectivity index (χ0n) is 14.5. The van der Waals surface area contributed by atoms with Crippen LogP contribution in [-0.2, 0) is 4.79 Å². The molecule has 134 valence electrons. The van der Waals surface area contributed by atoms with Crippen LogP contribution in [0.15, 0.2) is 22.7 Å². The number of amides is 1. The van der Waals surface area contributed by atoms with Crippen LogP contribution in [0.4, 0.5) is 0 Å². The third kappa shape index (κ3) is 5.94. The molecule has 0 saturated carbocycles. The largest absolute Gasteiger partial charge is 0.480 e. The molecule has 0 aromatic heterocycles. The van der Waals surface area contributed by atoms with E-state index in [4.69, 9.17) is 16.3 Å². The van der Waals surface area contributed by atoms with E-state index in [1.54, 1.807) is 25.1 Å². The Labute approximate surface area is 158 Å². The average molecular weight is 418 g/mol. The molecule has 0 aliphatic carbocycles. The molecule has 1 aromatic rings. The molecule has 1 N–H and O–H groups in total. The second kappa shape index (κ2) is 9.07. The van der Waals surface area contributed by atoms with Crippen molar-refractivity contribution in [2.45, 2.75) is 45.8 Å². The first kappa shape index (κ1) is 19.5. The molecule has 24 heavy (non-hydrogen) atoms. The average Bonchev–Trinajstić information content (AvgIpc) is 2.51. The van der Waals surface area contributed by atoms with Crippen molar-refractivity contribution in [2.24, 2.45) is 5.92 Å².